The van der Waals surface area contributed by atoms with E-state index in [1.165, 1.54) is 0 Å². The normalized spacial score (nSPS) is 17.1. The van der Waals surface area contributed by atoms with E-state index in [1.54, 1.807) is 6.07 Å². The standard InChI is InChI=1S/C18H21NO4/c1-12-5-6-14-13(9-12)10-15(23-14)16(20)19-11-18(17(21)22)7-3-2-4-8-18/h5-6,9-10H,2-4,7-8,11H2,1H3,(H,19,20)(H,21,22). The number of aryl methyl sites for hydroxylation is 1. The molecule has 0 aliphatic heterocycles. The van der Waals surface area contributed by atoms with Crippen molar-refractivity contribution in [2.75, 3.05) is 6.54 Å². The maximum absolute atomic E-state index is 12.3. The second kappa shape index (κ2) is 6.07. The number of carbonyl (C=O) groups is 2. The van der Waals surface area contributed by atoms with Crippen LogP contribution in [0.25, 0.3) is 11.0 Å². The summed E-state index contributed by atoms with van der Waals surface area (Å²) in [7, 11) is 0. The summed E-state index contributed by atoms with van der Waals surface area (Å²) in [6.45, 7) is 2.13. The molecular formula is C18H21NO4. The second-order valence-corrected chi connectivity index (χ2v) is 6.48. The molecule has 1 heterocycles. The number of nitrogens with one attached hydrogen (secondary N) is 1. The lowest BCUT2D eigenvalue weighted by Crippen LogP contribution is -2.44. The van der Waals surface area contributed by atoms with E-state index < -0.39 is 11.4 Å². The molecular weight excluding hydrogens is 294 g/mol. The number of carboxylic acid groups (broad SMARTS) is 1. The van der Waals surface area contributed by atoms with Crippen molar-refractivity contribution in [1.82, 2.24) is 5.32 Å². The molecule has 5 heteroatoms. The molecule has 1 aromatic heterocycles. The number of carbonyl (C=O) groups excluding carboxylic acids is 1. The van der Waals surface area contributed by atoms with Gasteiger partial charge in [-0.3, -0.25) is 9.59 Å². The van der Waals surface area contributed by atoms with Crippen LogP contribution in [0.2, 0.25) is 0 Å². The number of aliphatic carboxylic acids is 1. The van der Waals surface area contributed by atoms with Crippen LogP contribution in [-0.4, -0.2) is 23.5 Å². The lowest BCUT2D eigenvalue weighted by Gasteiger charge is -2.33. The van der Waals surface area contributed by atoms with Gasteiger partial charge in [0, 0.05) is 11.9 Å². The lowest BCUT2D eigenvalue weighted by atomic mass is 9.74. The third-order valence-electron chi connectivity index (χ3n) is 4.75. The zero-order chi connectivity index (χ0) is 16.4. The number of hydrogen-bond acceptors (Lipinski definition) is 3. The topological polar surface area (TPSA) is 79.5 Å². The molecule has 5 nitrogen and oxygen atoms in total. The molecule has 1 fully saturated rings. The van der Waals surface area contributed by atoms with E-state index in [1.807, 2.05) is 25.1 Å². The van der Waals surface area contributed by atoms with Gasteiger partial charge in [-0.25, -0.2) is 0 Å². The fraction of sp³-hybridized carbons (Fsp3) is 0.444. The Balaban J connectivity index is 1.73. The van der Waals surface area contributed by atoms with E-state index in [0.717, 1.165) is 30.2 Å². The molecule has 0 atom stereocenters. The number of fused-ring (bicyclic) bond motifs is 1. The van der Waals surface area contributed by atoms with Gasteiger partial charge in [-0.1, -0.05) is 30.9 Å². The molecule has 0 spiro atoms. The van der Waals surface area contributed by atoms with Crippen LogP contribution in [0, 0.1) is 12.3 Å². The Bertz CT molecular complexity index is 741. The van der Waals surface area contributed by atoms with E-state index in [0.29, 0.717) is 18.4 Å². The van der Waals surface area contributed by atoms with Crippen molar-refractivity contribution in [3.8, 4) is 0 Å². The van der Waals surface area contributed by atoms with Gasteiger partial charge < -0.3 is 14.8 Å². The summed E-state index contributed by atoms with van der Waals surface area (Å²) < 4.78 is 5.56. The van der Waals surface area contributed by atoms with Gasteiger partial charge in [0.05, 0.1) is 5.41 Å². The maximum Gasteiger partial charge on any atom is 0.311 e. The van der Waals surface area contributed by atoms with E-state index in [-0.39, 0.29) is 18.2 Å². The SMILES string of the molecule is Cc1ccc2oc(C(=O)NCC3(C(=O)O)CCCCC3)cc2c1. The molecule has 1 saturated carbocycles. The highest BCUT2D eigenvalue weighted by Crippen LogP contribution is 2.36. The van der Waals surface area contributed by atoms with Crippen molar-refractivity contribution in [1.29, 1.82) is 0 Å². The second-order valence-electron chi connectivity index (χ2n) is 6.48. The number of amides is 1. The van der Waals surface area contributed by atoms with Gasteiger partial charge in [0.1, 0.15) is 5.58 Å². The first-order valence-electron chi connectivity index (χ1n) is 8.02. The fourth-order valence-electron chi connectivity index (χ4n) is 3.31. The number of hydrogen-bond donors (Lipinski definition) is 2. The van der Waals surface area contributed by atoms with Crippen LogP contribution in [0.15, 0.2) is 28.7 Å². The highest BCUT2D eigenvalue weighted by molar-refractivity contribution is 5.96. The van der Waals surface area contributed by atoms with Gasteiger partial charge in [-0.15, -0.1) is 0 Å². The smallest absolute Gasteiger partial charge is 0.311 e. The summed E-state index contributed by atoms with van der Waals surface area (Å²) in [4.78, 5) is 23.9. The minimum atomic E-state index is -0.837. The lowest BCUT2D eigenvalue weighted by molar-refractivity contribution is -0.150. The average Bonchev–Trinajstić information content (AvgIpc) is 2.96. The predicted molar refractivity (Wildman–Crippen MR) is 86.4 cm³/mol. The van der Waals surface area contributed by atoms with Gasteiger partial charge in [0.25, 0.3) is 5.91 Å². The summed E-state index contributed by atoms with van der Waals surface area (Å²) in [5.74, 6) is -0.954. The van der Waals surface area contributed by atoms with Gasteiger partial charge >= 0.3 is 5.97 Å². The van der Waals surface area contributed by atoms with E-state index in [4.69, 9.17) is 4.42 Å². The molecule has 1 aromatic carbocycles. The molecule has 0 unspecified atom stereocenters. The Labute approximate surface area is 134 Å². The Hall–Kier alpha value is -2.30. The Kier molecular flexibility index (Phi) is 4.11. The largest absolute Gasteiger partial charge is 0.481 e. The van der Waals surface area contributed by atoms with E-state index in [2.05, 4.69) is 5.32 Å². The van der Waals surface area contributed by atoms with E-state index >= 15 is 0 Å². The highest BCUT2D eigenvalue weighted by atomic mass is 16.4. The van der Waals surface area contributed by atoms with Crippen LogP contribution in [0.1, 0.15) is 48.2 Å². The van der Waals surface area contributed by atoms with Crippen molar-refractivity contribution < 1.29 is 19.1 Å². The molecule has 122 valence electrons. The molecule has 1 aliphatic rings. The van der Waals surface area contributed by atoms with Gasteiger partial charge in [-0.2, -0.15) is 0 Å². The first-order chi connectivity index (χ1) is 11.0. The molecule has 2 aromatic rings. The van der Waals surface area contributed by atoms with Crippen molar-refractivity contribution in [2.45, 2.75) is 39.0 Å². The number of benzene rings is 1. The van der Waals surface area contributed by atoms with Gasteiger partial charge in [-0.05, 0) is 38.0 Å². The summed E-state index contributed by atoms with van der Waals surface area (Å²) in [5, 5.41) is 13.2. The maximum atomic E-state index is 12.3. The zero-order valence-electron chi connectivity index (χ0n) is 13.2. The van der Waals surface area contributed by atoms with Crippen LogP contribution < -0.4 is 5.32 Å². The molecule has 1 amide bonds. The molecule has 2 N–H and O–H groups in total. The van der Waals surface area contributed by atoms with Crippen LogP contribution in [0.3, 0.4) is 0 Å². The predicted octanol–water partition coefficient (Wildman–Crippen LogP) is 3.51. The van der Waals surface area contributed by atoms with Gasteiger partial charge in [0.15, 0.2) is 5.76 Å². The van der Waals surface area contributed by atoms with Crippen LogP contribution in [0.4, 0.5) is 0 Å². The fourth-order valence-corrected chi connectivity index (χ4v) is 3.31. The Morgan fingerprint density at radius 1 is 1.22 bits per heavy atom. The van der Waals surface area contributed by atoms with Crippen LogP contribution >= 0.6 is 0 Å². The minimum Gasteiger partial charge on any atom is -0.481 e. The van der Waals surface area contributed by atoms with E-state index in [9.17, 15) is 14.7 Å². The minimum absolute atomic E-state index is 0.150. The molecule has 1 aliphatic carbocycles. The average molecular weight is 315 g/mol. The molecule has 3 rings (SSSR count). The first kappa shape index (κ1) is 15.6. The van der Waals surface area contributed by atoms with Crippen molar-refractivity contribution in [3.63, 3.8) is 0 Å². The third kappa shape index (κ3) is 3.09. The summed E-state index contributed by atoms with van der Waals surface area (Å²) in [5.41, 5.74) is 0.917. The monoisotopic (exact) mass is 315 g/mol. The van der Waals surface area contributed by atoms with Crippen molar-refractivity contribution in [3.05, 3.63) is 35.6 Å². The summed E-state index contributed by atoms with van der Waals surface area (Å²) in [6, 6.07) is 7.41. The Morgan fingerprint density at radius 3 is 2.65 bits per heavy atom. The first-order valence-corrected chi connectivity index (χ1v) is 8.02. The molecule has 0 saturated heterocycles. The highest BCUT2D eigenvalue weighted by Gasteiger charge is 2.40. The third-order valence-corrected chi connectivity index (χ3v) is 4.75. The van der Waals surface area contributed by atoms with Crippen molar-refractivity contribution in [2.24, 2.45) is 5.41 Å². The number of carboxylic acids is 1. The quantitative estimate of drug-likeness (QED) is 0.905. The molecule has 0 bridgehead atoms. The Morgan fingerprint density at radius 2 is 1.96 bits per heavy atom. The zero-order valence-corrected chi connectivity index (χ0v) is 13.2. The molecule has 0 radical (unpaired) electrons. The molecule has 23 heavy (non-hydrogen) atoms. The number of rotatable bonds is 4. The number of furan rings is 1. The van der Waals surface area contributed by atoms with Crippen LogP contribution in [-0.2, 0) is 4.79 Å². The van der Waals surface area contributed by atoms with Crippen LogP contribution in [0.5, 0.6) is 0 Å². The summed E-state index contributed by atoms with van der Waals surface area (Å²) >= 11 is 0. The van der Waals surface area contributed by atoms with Gasteiger partial charge in [0.2, 0.25) is 0 Å². The van der Waals surface area contributed by atoms with Crippen molar-refractivity contribution >= 4 is 22.8 Å². The summed E-state index contributed by atoms with van der Waals surface area (Å²) in [6.07, 6.45) is 4.08.